The van der Waals surface area contributed by atoms with E-state index >= 15 is 0 Å². The van der Waals surface area contributed by atoms with Crippen molar-refractivity contribution in [2.24, 2.45) is 5.92 Å². The number of hydrogen-bond donors (Lipinski definition) is 4. The van der Waals surface area contributed by atoms with Crippen molar-refractivity contribution in [2.45, 2.75) is 19.3 Å². The summed E-state index contributed by atoms with van der Waals surface area (Å²) in [5, 5.41) is 13.8. The summed E-state index contributed by atoms with van der Waals surface area (Å²) in [6.45, 7) is 1.91. The van der Waals surface area contributed by atoms with Crippen LogP contribution in [0.1, 0.15) is 19.3 Å². The van der Waals surface area contributed by atoms with E-state index in [1.165, 1.54) is 6.07 Å². The van der Waals surface area contributed by atoms with Crippen LogP contribution in [0.5, 0.6) is 0 Å². The van der Waals surface area contributed by atoms with Gasteiger partial charge in [0.25, 0.3) is 0 Å². The second-order valence-corrected chi connectivity index (χ2v) is 10.2. The Hall–Kier alpha value is -5.03. The highest BCUT2D eigenvalue weighted by atomic mass is 19.1. The molecule has 6 heterocycles. The Morgan fingerprint density at radius 3 is 2.66 bits per heavy atom. The maximum Gasteiger partial charge on any atom is 0.224 e. The van der Waals surface area contributed by atoms with Gasteiger partial charge in [0, 0.05) is 35.5 Å². The van der Waals surface area contributed by atoms with Crippen molar-refractivity contribution >= 4 is 33.7 Å². The Balaban J connectivity index is 1.20. The van der Waals surface area contributed by atoms with Gasteiger partial charge < -0.3 is 15.6 Å². The van der Waals surface area contributed by atoms with E-state index in [0.29, 0.717) is 62.9 Å². The number of benzene rings is 1. The zero-order chi connectivity index (χ0) is 27.8. The van der Waals surface area contributed by atoms with E-state index in [2.05, 4.69) is 35.8 Å². The number of aromatic nitrogens is 7. The molecule has 7 rings (SSSR count). The number of amides is 1. The van der Waals surface area contributed by atoms with E-state index in [9.17, 15) is 9.18 Å². The quantitative estimate of drug-likeness (QED) is 0.228. The Kier molecular flexibility index (Phi) is 6.40. The number of anilines is 1. The SMILES string of the molecule is O=C(CC1CCNCC1)Nc1cncc(-c2ccc3[nH]nc(-c4nc5c(-c6ccccc6F)cncc5[nH]4)c3n2)c1. The topological polar surface area (TPSA) is 137 Å². The lowest BCUT2D eigenvalue weighted by molar-refractivity contribution is -0.117. The minimum Gasteiger partial charge on any atom is -0.335 e. The molecule has 4 N–H and O–H groups in total. The molecule has 1 aliphatic rings. The zero-order valence-electron chi connectivity index (χ0n) is 22.0. The van der Waals surface area contributed by atoms with Crippen LogP contribution < -0.4 is 10.6 Å². The van der Waals surface area contributed by atoms with Crippen molar-refractivity contribution in [3.8, 4) is 33.9 Å². The molecule has 41 heavy (non-hydrogen) atoms. The summed E-state index contributed by atoms with van der Waals surface area (Å²) in [5.74, 6) is 0.526. The number of carbonyl (C=O) groups is 1. The van der Waals surface area contributed by atoms with Gasteiger partial charge in [0.05, 0.1) is 34.8 Å². The van der Waals surface area contributed by atoms with Gasteiger partial charge in [-0.2, -0.15) is 5.10 Å². The number of nitrogens with one attached hydrogen (secondary N) is 4. The van der Waals surface area contributed by atoms with Crippen LogP contribution in [0.3, 0.4) is 0 Å². The molecule has 1 amide bonds. The van der Waals surface area contributed by atoms with E-state index in [1.54, 1.807) is 43.0 Å². The first-order chi connectivity index (χ1) is 20.1. The summed E-state index contributed by atoms with van der Waals surface area (Å²) in [4.78, 5) is 34.2. The first kappa shape index (κ1) is 25.0. The molecule has 0 spiro atoms. The van der Waals surface area contributed by atoms with Crippen LogP contribution in [-0.4, -0.2) is 54.1 Å². The van der Waals surface area contributed by atoms with Gasteiger partial charge in [-0.1, -0.05) is 18.2 Å². The van der Waals surface area contributed by atoms with E-state index in [4.69, 9.17) is 9.97 Å². The van der Waals surface area contributed by atoms with Crippen molar-refractivity contribution in [1.29, 1.82) is 0 Å². The molecule has 0 unspecified atom stereocenters. The summed E-state index contributed by atoms with van der Waals surface area (Å²) in [5.41, 5.74) is 6.18. The van der Waals surface area contributed by atoms with Crippen molar-refractivity contribution in [2.75, 3.05) is 18.4 Å². The fraction of sp³-hybridized carbons (Fsp3) is 0.200. The number of carbonyl (C=O) groups excluding carboxylic acids is 1. The summed E-state index contributed by atoms with van der Waals surface area (Å²) in [6.07, 6.45) is 9.13. The average molecular weight is 548 g/mol. The predicted octanol–water partition coefficient (Wildman–Crippen LogP) is 5.09. The lowest BCUT2D eigenvalue weighted by Gasteiger charge is -2.21. The minimum absolute atomic E-state index is 0.00879. The van der Waals surface area contributed by atoms with Crippen LogP contribution in [0, 0.1) is 11.7 Å². The molecule has 0 aliphatic carbocycles. The Morgan fingerprint density at radius 1 is 0.927 bits per heavy atom. The lowest BCUT2D eigenvalue weighted by atomic mass is 9.94. The Bertz CT molecular complexity index is 1890. The number of imidazole rings is 1. The zero-order valence-corrected chi connectivity index (χ0v) is 22.0. The molecule has 1 aromatic carbocycles. The number of nitrogens with zero attached hydrogens (tertiary/aromatic N) is 5. The number of hydrogen-bond acceptors (Lipinski definition) is 7. The molecule has 6 aromatic rings. The number of fused-ring (bicyclic) bond motifs is 2. The monoisotopic (exact) mass is 547 g/mol. The fourth-order valence-electron chi connectivity index (χ4n) is 5.36. The van der Waals surface area contributed by atoms with E-state index < -0.39 is 0 Å². The second-order valence-electron chi connectivity index (χ2n) is 10.2. The summed E-state index contributed by atoms with van der Waals surface area (Å²) >= 11 is 0. The van der Waals surface area contributed by atoms with E-state index in [0.717, 1.165) is 37.0 Å². The smallest absolute Gasteiger partial charge is 0.224 e. The molecular formula is C30H26FN9O. The molecule has 0 saturated carbocycles. The van der Waals surface area contributed by atoms with Crippen LogP contribution in [-0.2, 0) is 4.79 Å². The molecule has 1 fully saturated rings. The lowest BCUT2D eigenvalue weighted by Crippen LogP contribution is -2.30. The predicted molar refractivity (Wildman–Crippen MR) is 154 cm³/mol. The van der Waals surface area contributed by atoms with Gasteiger partial charge in [-0.15, -0.1) is 0 Å². The number of aromatic amines is 2. The third-order valence-corrected chi connectivity index (χ3v) is 7.44. The van der Waals surface area contributed by atoms with E-state index in [1.807, 2.05) is 18.2 Å². The molecule has 11 heteroatoms. The number of piperidine rings is 1. The van der Waals surface area contributed by atoms with Crippen LogP contribution in [0.15, 0.2) is 67.3 Å². The van der Waals surface area contributed by atoms with Crippen molar-refractivity contribution in [3.63, 3.8) is 0 Å². The Labute approximate surface area is 233 Å². The van der Waals surface area contributed by atoms with Crippen LogP contribution >= 0.6 is 0 Å². The standard InChI is InChI=1S/C30H26FN9O/c31-22-4-2-1-3-20(22)21-15-34-16-25-27(21)38-30(37-25)29-28-24(39-40-29)6-5-23(36-28)18-12-19(14-33-13-18)35-26(41)11-17-7-9-32-10-8-17/h1-6,12-17,32H,7-11H2,(H,35,41)(H,37,38)(H,39,40). The van der Waals surface area contributed by atoms with Gasteiger partial charge in [0.15, 0.2) is 11.5 Å². The van der Waals surface area contributed by atoms with Gasteiger partial charge in [-0.3, -0.25) is 19.9 Å². The van der Waals surface area contributed by atoms with Crippen LogP contribution in [0.4, 0.5) is 10.1 Å². The maximum atomic E-state index is 14.6. The molecule has 0 bridgehead atoms. The van der Waals surface area contributed by atoms with Gasteiger partial charge in [0.2, 0.25) is 5.91 Å². The van der Waals surface area contributed by atoms with Crippen molar-refractivity contribution in [1.82, 2.24) is 40.4 Å². The molecule has 5 aromatic heterocycles. The van der Waals surface area contributed by atoms with Gasteiger partial charge >= 0.3 is 0 Å². The van der Waals surface area contributed by atoms with Gasteiger partial charge in [0.1, 0.15) is 16.9 Å². The van der Waals surface area contributed by atoms with Crippen molar-refractivity contribution < 1.29 is 9.18 Å². The van der Waals surface area contributed by atoms with Crippen LogP contribution in [0.25, 0.3) is 56.0 Å². The maximum absolute atomic E-state index is 14.6. The van der Waals surface area contributed by atoms with E-state index in [-0.39, 0.29) is 11.7 Å². The largest absolute Gasteiger partial charge is 0.335 e. The number of pyridine rings is 3. The molecule has 0 atom stereocenters. The third kappa shape index (κ3) is 4.91. The van der Waals surface area contributed by atoms with Crippen molar-refractivity contribution in [3.05, 3.63) is 73.1 Å². The summed E-state index contributed by atoms with van der Waals surface area (Å²) in [6, 6.07) is 12.2. The molecule has 0 radical (unpaired) electrons. The highest BCUT2D eigenvalue weighted by molar-refractivity contribution is 5.96. The first-order valence-electron chi connectivity index (χ1n) is 13.5. The molecular weight excluding hydrogens is 521 g/mol. The van der Waals surface area contributed by atoms with Gasteiger partial charge in [-0.05, 0) is 56.1 Å². The Morgan fingerprint density at radius 2 is 1.78 bits per heavy atom. The summed E-state index contributed by atoms with van der Waals surface area (Å²) < 4.78 is 14.6. The highest BCUT2D eigenvalue weighted by Gasteiger charge is 2.19. The number of rotatable bonds is 6. The average Bonchev–Trinajstić information content (AvgIpc) is 3.62. The summed E-state index contributed by atoms with van der Waals surface area (Å²) in [7, 11) is 0. The fourth-order valence-corrected chi connectivity index (χ4v) is 5.36. The number of H-pyrrole nitrogens is 2. The molecule has 10 nitrogen and oxygen atoms in total. The van der Waals surface area contributed by atoms with Gasteiger partial charge in [-0.25, -0.2) is 14.4 Å². The molecule has 1 aliphatic heterocycles. The molecule has 204 valence electrons. The highest BCUT2D eigenvalue weighted by Crippen LogP contribution is 2.32. The second kappa shape index (κ2) is 10.5. The molecule has 1 saturated heterocycles. The number of halogens is 1. The first-order valence-corrected chi connectivity index (χ1v) is 13.5. The third-order valence-electron chi connectivity index (χ3n) is 7.44. The minimum atomic E-state index is -0.346. The normalized spacial score (nSPS) is 14.1. The van der Waals surface area contributed by atoms with Crippen LogP contribution in [0.2, 0.25) is 0 Å².